The lowest BCUT2D eigenvalue weighted by molar-refractivity contribution is 0.343. The van der Waals surface area contributed by atoms with Gasteiger partial charge in [-0.25, -0.2) is 0 Å². The second kappa shape index (κ2) is 4.50. The highest BCUT2D eigenvalue weighted by atomic mass is 16.2. The monoisotopic (exact) mass is 212 g/mol. The van der Waals surface area contributed by atoms with Crippen molar-refractivity contribution >= 4 is 16.3 Å². The Balaban J connectivity index is 2.52. The summed E-state index contributed by atoms with van der Waals surface area (Å²) in [6.45, 7) is 4.22. The van der Waals surface area contributed by atoms with E-state index in [1.807, 2.05) is 13.0 Å². The van der Waals surface area contributed by atoms with Gasteiger partial charge >= 0.3 is 0 Å². The van der Waals surface area contributed by atoms with Crippen molar-refractivity contribution in [1.82, 2.24) is 0 Å². The van der Waals surface area contributed by atoms with Gasteiger partial charge < -0.3 is 5.11 Å². The molecule has 0 amide bonds. The molecule has 2 aromatic rings. The van der Waals surface area contributed by atoms with Gasteiger partial charge in [-0.3, -0.25) is 0 Å². The first-order valence-corrected chi connectivity index (χ1v) is 5.49. The van der Waals surface area contributed by atoms with Crippen molar-refractivity contribution in [1.29, 1.82) is 0 Å². The first kappa shape index (κ1) is 10.9. The first-order valence-electron chi connectivity index (χ1n) is 5.49. The summed E-state index contributed by atoms with van der Waals surface area (Å²) < 4.78 is 0. The maximum absolute atomic E-state index is 8.87. The Bertz CT molecular complexity index is 538. The molecule has 0 aliphatic rings. The molecule has 0 spiro atoms. The van der Waals surface area contributed by atoms with E-state index in [1.165, 1.54) is 21.9 Å². The number of fused-ring (bicyclic) bond motifs is 1. The number of aliphatic hydroxyl groups is 1. The lowest BCUT2D eigenvalue weighted by Crippen LogP contribution is -1.83. The molecule has 2 aromatic carbocycles. The van der Waals surface area contributed by atoms with Crippen molar-refractivity contribution in [2.24, 2.45) is 0 Å². The van der Waals surface area contributed by atoms with Crippen LogP contribution >= 0.6 is 0 Å². The zero-order chi connectivity index (χ0) is 11.5. The largest absolute Gasteiger partial charge is 0.392 e. The van der Waals surface area contributed by atoms with Crippen LogP contribution < -0.4 is 0 Å². The Morgan fingerprint density at radius 1 is 1.12 bits per heavy atom. The van der Waals surface area contributed by atoms with Crippen LogP contribution in [-0.4, -0.2) is 11.7 Å². The summed E-state index contributed by atoms with van der Waals surface area (Å²) in [5, 5.41) is 11.4. The van der Waals surface area contributed by atoms with Gasteiger partial charge in [-0.2, -0.15) is 0 Å². The van der Waals surface area contributed by atoms with Crippen molar-refractivity contribution in [3.05, 3.63) is 53.6 Å². The Morgan fingerprint density at radius 3 is 2.56 bits per heavy atom. The van der Waals surface area contributed by atoms with Crippen LogP contribution in [0.25, 0.3) is 16.3 Å². The standard InChI is InChI=1S/C15H16O/c1-11-3-4-15-10-13(12(2)7-8-16)5-6-14(15)9-11/h3-7,9-10,16H,8H2,1-2H3/b12-7-. The molecule has 0 radical (unpaired) electrons. The first-order chi connectivity index (χ1) is 7.70. The average Bonchev–Trinajstić information content (AvgIpc) is 2.28. The minimum absolute atomic E-state index is 0.0950. The van der Waals surface area contributed by atoms with Crippen molar-refractivity contribution in [3.63, 3.8) is 0 Å². The molecule has 0 heterocycles. The second-order valence-electron chi connectivity index (χ2n) is 4.14. The highest BCUT2D eigenvalue weighted by Crippen LogP contribution is 2.21. The van der Waals surface area contributed by atoms with Gasteiger partial charge in [-0.1, -0.05) is 42.0 Å². The van der Waals surface area contributed by atoms with Gasteiger partial charge in [0.25, 0.3) is 0 Å². The van der Waals surface area contributed by atoms with Gasteiger partial charge in [0.05, 0.1) is 6.61 Å². The van der Waals surface area contributed by atoms with Crippen LogP contribution in [0.2, 0.25) is 0 Å². The van der Waals surface area contributed by atoms with E-state index in [2.05, 4.69) is 43.3 Å². The Kier molecular flexibility index (Phi) is 3.07. The molecule has 16 heavy (non-hydrogen) atoms. The number of aliphatic hydroxyl groups excluding tert-OH is 1. The summed E-state index contributed by atoms with van der Waals surface area (Å²) in [6.07, 6.45) is 1.83. The fraction of sp³-hybridized carbons (Fsp3) is 0.200. The second-order valence-corrected chi connectivity index (χ2v) is 4.14. The number of allylic oxidation sites excluding steroid dienone is 1. The predicted octanol–water partition coefficient (Wildman–Crippen LogP) is 3.54. The van der Waals surface area contributed by atoms with Crippen LogP contribution in [0.4, 0.5) is 0 Å². The number of aryl methyl sites for hydroxylation is 1. The van der Waals surface area contributed by atoms with Gasteiger partial charge in [0, 0.05) is 0 Å². The number of rotatable bonds is 2. The average molecular weight is 212 g/mol. The smallest absolute Gasteiger partial charge is 0.0618 e. The van der Waals surface area contributed by atoms with Gasteiger partial charge in [0.15, 0.2) is 0 Å². The number of hydrogen-bond acceptors (Lipinski definition) is 1. The fourth-order valence-electron chi connectivity index (χ4n) is 1.87. The zero-order valence-electron chi connectivity index (χ0n) is 9.70. The highest BCUT2D eigenvalue weighted by Gasteiger charge is 1.98. The third-order valence-electron chi connectivity index (χ3n) is 2.85. The van der Waals surface area contributed by atoms with Crippen LogP contribution in [-0.2, 0) is 0 Å². The summed E-state index contributed by atoms with van der Waals surface area (Å²) in [7, 11) is 0. The van der Waals surface area contributed by atoms with E-state index < -0.39 is 0 Å². The molecule has 0 aliphatic carbocycles. The zero-order valence-corrected chi connectivity index (χ0v) is 9.70. The molecular weight excluding hydrogens is 196 g/mol. The molecule has 0 fully saturated rings. The maximum atomic E-state index is 8.87. The van der Waals surface area contributed by atoms with Gasteiger partial charge in [0.1, 0.15) is 0 Å². The molecule has 1 N–H and O–H groups in total. The summed E-state index contributed by atoms with van der Waals surface area (Å²) >= 11 is 0. The number of hydrogen-bond donors (Lipinski definition) is 1. The molecule has 82 valence electrons. The summed E-state index contributed by atoms with van der Waals surface area (Å²) in [5.74, 6) is 0. The molecule has 0 unspecified atom stereocenters. The quantitative estimate of drug-likeness (QED) is 0.807. The molecule has 0 aromatic heterocycles. The molecule has 0 saturated heterocycles. The minimum atomic E-state index is 0.0950. The van der Waals surface area contributed by atoms with Crippen molar-refractivity contribution < 1.29 is 5.11 Å². The third-order valence-corrected chi connectivity index (χ3v) is 2.85. The summed E-state index contributed by atoms with van der Waals surface area (Å²) in [6, 6.07) is 12.8. The van der Waals surface area contributed by atoms with E-state index in [1.54, 1.807) is 0 Å². The van der Waals surface area contributed by atoms with E-state index in [4.69, 9.17) is 5.11 Å². The molecule has 1 nitrogen and oxygen atoms in total. The molecule has 0 saturated carbocycles. The Hall–Kier alpha value is -1.60. The van der Waals surface area contributed by atoms with Crippen LogP contribution in [0.1, 0.15) is 18.1 Å². The van der Waals surface area contributed by atoms with Crippen molar-refractivity contribution in [3.8, 4) is 0 Å². The normalized spacial score (nSPS) is 12.1. The Labute approximate surface area is 96.0 Å². The van der Waals surface area contributed by atoms with E-state index in [9.17, 15) is 0 Å². The van der Waals surface area contributed by atoms with Gasteiger partial charge in [0.2, 0.25) is 0 Å². The van der Waals surface area contributed by atoms with Crippen molar-refractivity contribution in [2.75, 3.05) is 6.61 Å². The summed E-state index contributed by atoms with van der Waals surface area (Å²) in [5.41, 5.74) is 3.57. The van der Waals surface area contributed by atoms with E-state index in [0.29, 0.717) is 0 Å². The maximum Gasteiger partial charge on any atom is 0.0618 e. The number of benzene rings is 2. The van der Waals surface area contributed by atoms with Gasteiger partial charge in [-0.15, -0.1) is 0 Å². The van der Waals surface area contributed by atoms with Crippen LogP contribution in [0, 0.1) is 6.92 Å². The van der Waals surface area contributed by atoms with Crippen LogP contribution in [0.3, 0.4) is 0 Å². The highest BCUT2D eigenvalue weighted by molar-refractivity contribution is 5.86. The van der Waals surface area contributed by atoms with Gasteiger partial charge in [-0.05, 0) is 41.8 Å². The predicted molar refractivity (Wildman–Crippen MR) is 69.4 cm³/mol. The molecule has 0 atom stereocenters. The van der Waals surface area contributed by atoms with Crippen LogP contribution in [0.5, 0.6) is 0 Å². The molecule has 2 rings (SSSR count). The molecule has 0 aliphatic heterocycles. The van der Waals surface area contributed by atoms with E-state index in [-0.39, 0.29) is 6.61 Å². The third kappa shape index (κ3) is 2.15. The summed E-state index contributed by atoms with van der Waals surface area (Å²) in [4.78, 5) is 0. The van der Waals surface area contributed by atoms with Crippen molar-refractivity contribution in [2.45, 2.75) is 13.8 Å². The van der Waals surface area contributed by atoms with E-state index >= 15 is 0 Å². The lowest BCUT2D eigenvalue weighted by Gasteiger charge is -2.04. The molecular formula is C15H16O. The van der Waals surface area contributed by atoms with E-state index in [0.717, 1.165) is 5.57 Å². The topological polar surface area (TPSA) is 20.2 Å². The SMILES string of the molecule is C/C(=C/CO)c1ccc2cc(C)ccc2c1. The lowest BCUT2D eigenvalue weighted by atomic mass is 10.0. The fourth-order valence-corrected chi connectivity index (χ4v) is 1.87. The molecule has 1 heteroatoms. The molecule has 0 bridgehead atoms. The minimum Gasteiger partial charge on any atom is -0.392 e. The Morgan fingerprint density at radius 2 is 1.81 bits per heavy atom. The van der Waals surface area contributed by atoms with Crippen LogP contribution in [0.15, 0.2) is 42.5 Å².